The molecule has 4 heteroatoms. The number of nitrogens with zero attached hydrogens (tertiary/aromatic N) is 3. The van der Waals surface area contributed by atoms with Gasteiger partial charge in [-0.2, -0.15) is 5.10 Å². The van der Waals surface area contributed by atoms with Gasteiger partial charge in [-0.1, -0.05) is 0 Å². The van der Waals surface area contributed by atoms with E-state index in [0.717, 1.165) is 12.1 Å². The summed E-state index contributed by atoms with van der Waals surface area (Å²) in [6.07, 6.45) is 7.19. The lowest BCUT2D eigenvalue weighted by atomic mass is 10.1. The highest BCUT2D eigenvalue weighted by molar-refractivity contribution is 5.97. The fourth-order valence-corrected chi connectivity index (χ4v) is 1.47. The maximum absolute atomic E-state index is 11.9. The molecule has 0 fully saturated rings. The number of hydrogen-bond donors (Lipinski definition) is 0. The van der Waals surface area contributed by atoms with Gasteiger partial charge in [0, 0.05) is 31.6 Å². The molecule has 2 rings (SSSR count). The number of hydrogen-bond acceptors (Lipinski definition) is 3. The number of carbonyl (C=O) groups is 1. The number of pyridine rings is 1. The predicted octanol–water partition coefficient (Wildman–Crippen LogP) is 1.72. The Balaban J connectivity index is 2.09. The van der Waals surface area contributed by atoms with E-state index in [1.807, 2.05) is 19.1 Å². The minimum Gasteiger partial charge on any atom is -0.294 e. The molecule has 2 aromatic heterocycles. The van der Waals surface area contributed by atoms with Crippen LogP contribution < -0.4 is 0 Å². The molecule has 82 valence electrons. The third kappa shape index (κ3) is 2.34. The molecule has 0 unspecified atom stereocenters. The lowest BCUT2D eigenvalue weighted by Gasteiger charge is -1.97. The van der Waals surface area contributed by atoms with E-state index in [1.165, 1.54) is 0 Å². The van der Waals surface area contributed by atoms with Crippen LogP contribution in [0.3, 0.4) is 0 Å². The predicted molar refractivity (Wildman–Crippen MR) is 60.2 cm³/mol. The summed E-state index contributed by atoms with van der Waals surface area (Å²) >= 11 is 0. The second-order valence-corrected chi connectivity index (χ2v) is 3.54. The van der Waals surface area contributed by atoms with Gasteiger partial charge in [0.15, 0.2) is 5.78 Å². The third-order valence-corrected chi connectivity index (χ3v) is 2.39. The summed E-state index contributed by atoms with van der Waals surface area (Å²) in [5, 5.41) is 4.08. The second-order valence-electron chi connectivity index (χ2n) is 3.54. The van der Waals surface area contributed by atoms with Gasteiger partial charge in [-0.25, -0.2) is 0 Å². The normalized spacial score (nSPS) is 10.3. The minimum atomic E-state index is 0.0888. The van der Waals surface area contributed by atoms with Gasteiger partial charge in [-0.15, -0.1) is 0 Å². The zero-order valence-electron chi connectivity index (χ0n) is 9.13. The average Bonchev–Trinajstić information content (AvgIpc) is 2.79. The van der Waals surface area contributed by atoms with Gasteiger partial charge >= 0.3 is 0 Å². The van der Waals surface area contributed by atoms with Gasteiger partial charge in [0.2, 0.25) is 0 Å². The Labute approximate surface area is 93.9 Å². The van der Waals surface area contributed by atoms with Crippen LogP contribution in [0.5, 0.6) is 0 Å². The van der Waals surface area contributed by atoms with Crippen molar-refractivity contribution >= 4 is 5.78 Å². The maximum atomic E-state index is 11.9. The first-order valence-corrected chi connectivity index (χ1v) is 5.24. The van der Waals surface area contributed by atoms with Crippen molar-refractivity contribution in [3.63, 3.8) is 0 Å². The van der Waals surface area contributed by atoms with E-state index in [9.17, 15) is 4.79 Å². The molecule has 16 heavy (non-hydrogen) atoms. The van der Waals surface area contributed by atoms with Crippen LogP contribution in [-0.4, -0.2) is 20.5 Å². The largest absolute Gasteiger partial charge is 0.294 e. The summed E-state index contributed by atoms with van der Waals surface area (Å²) in [6.45, 7) is 2.77. The Morgan fingerprint density at radius 3 is 2.75 bits per heavy atom. The number of carbonyl (C=O) groups excluding carboxylic acids is 1. The van der Waals surface area contributed by atoms with Crippen LogP contribution in [-0.2, 0) is 13.0 Å². The average molecular weight is 215 g/mol. The number of ketones is 1. The van der Waals surface area contributed by atoms with Crippen molar-refractivity contribution in [3.8, 4) is 0 Å². The molecule has 0 spiro atoms. The van der Waals surface area contributed by atoms with Crippen LogP contribution in [0.1, 0.15) is 22.8 Å². The Bertz CT molecular complexity index is 476. The van der Waals surface area contributed by atoms with E-state index >= 15 is 0 Å². The summed E-state index contributed by atoms with van der Waals surface area (Å²) in [6, 6.07) is 3.70. The number of rotatable bonds is 4. The molecule has 0 aliphatic carbocycles. The lowest BCUT2D eigenvalue weighted by molar-refractivity contribution is 0.0993. The second kappa shape index (κ2) is 4.70. The van der Waals surface area contributed by atoms with Crippen molar-refractivity contribution < 1.29 is 4.79 Å². The van der Waals surface area contributed by atoms with Gasteiger partial charge < -0.3 is 0 Å². The molecule has 0 N–H and O–H groups in total. The van der Waals surface area contributed by atoms with Crippen LogP contribution in [0.15, 0.2) is 36.9 Å². The summed E-state index contributed by atoms with van der Waals surface area (Å²) < 4.78 is 1.75. The Morgan fingerprint density at radius 2 is 2.12 bits per heavy atom. The SMILES string of the molecule is CCn1cc(C(=O)Cc2ccncc2)cn1. The molecule has 0 aromatic carbocycles. The molecule has 0 aliphatic rings. The molecule has 0 aliphatic heterocycles. The standard InChI is InChI=1S/C12H13N3O/c1-2-15-9-11(8-14-15)12(16)7-10-3-5-13-6-4-10/h3-6,8-9H,2,7H2,1H3. The highest BCUT2D eigenvalue weighted by Crippen LogP contribution is 2.06. The topological polar surface area (TPSA) is 47.8 Å². The van der Waals surface area contributed by atoms with Crippen LogP contribution in [0.4, 0.5) is 0 Å². The summed E-state index contributed by atoms with van der Waals surface area (Å²) in [5.74, 6) is 0.0888. The van der Waals surface area contributed by atoms with E-state index in [0.29, 0.717) is 12.0 Å². The summed E-state index contributed by atoms with van der Waals surface area (Å²) in [7, 11) is 0. The first-order valence-electron chi connectivity index (χ1n) is 5.24. The molecular formula is C12H13N3O. The van der Waals surface area contributed by atoms with Gasteiger partial charge in [0.25, 0.3) is 0 Å². The third-order valence-electron chi connectivity index (χ3n) is 2.39. The van der Waals surface area contributed by atoms with E-state index in [1.54, 1.807) is 29.5 Å². The summed E-state index contributed by atoms with van der Waals surface area (Å²) in [5.41, 5.74) is 1.64. The fourth-order valence-electron chi connectivity index (χ4n) is 1.47. The molecule has 2 aromatic rings. The van der Waals surface area contributed by atoms with Crippen molar-refractivity contribution in [1.29, 1.82) is 0 Å². The van der Waals surface area contributed by atoms with Crippen LogP contribution in [0, 0.1) is 0 Å². The van der Waals surface area contributed by atoms with Crippen molar-refractivity contribution in [2.45, 2.75) is 19.9 Å². The first kappa shape index (κ1) is 10.5. The maximum Gasteiger partial charge on any atom is 0.170 e. The molecule has 0 amide bonds. The Kier molecular flexibility index (Phi) is 3.10. The minimum absolute atomic E-state index is 0.0888. The molecule has 4 nitrogen and oxygen atoms in total. The molecule has 0 radical (unpaired) electrons. The van der Waals surface area contributed by atoms with E-state index in [4.69, 9.17) is 0 Å². The van der Waals surface area contributed by atoms with Gasteiger partial charge in [0.1, 0.15) is 0 Å². The molecule has 0 atom stereocenters. The monoisotopic (exact) mass is 215 g/mol. The Hall–Kier alpha value is -1.97. The first-order chi connectivity index (χ1) is 7.79. The Morgan fingerprint density at radius 1 is 1.38 bits per heavy atom. The van der Waals surface area contributed by atoms with Crippen LogP contribution in [0.2, 0.25) is 0 Å². The molecule has 0 saturated heterocycles. The number of Topliss-reactive ketones (excluding diaryl/α,β-unsaturated/α-hetero) is 1. The quantitative estimate of drug-likeness (QED) is 0.730. The van der Waals surface area contributed by atoms with Crippen molar-refractivity contribution in [2.24, 2.45) is 0 Å². The van der Waals surface area contributed by atoms with Gasteiger partial charge in [-0.05, 0) is 24.6 Å². The van der Waals surface area contributed by atoms with E-state index in [-0.39, 0.29) is 5.78 Å². The fraction of sp³-hybridized carbons (Fsp3) is 0.250. The number of aryl methyl sites for hydroxylation is 1. The molecule has 2 heterocycles. The van der Waals surface area contributed by atoms with Crippen molar-refractivity contribution in [3.05, 3.63) is 48.0 Å². The molecule has 0 saturated carbocycles. The number of aromatic nitrogens is 3. The van der Waals surface area contributed by atoms with Crippen molar-refractivity contribution in [1.82, 2.24) is 14.8 Å². The van der Waals surface area contributed by atoms with E-state index < -0.39 is 0 Å². The molecule has 0 bridgehead atoms. The highest BCUT2D eigenvalue weighted by Gasteiger charge is 2.08. The summed E-state index contributed by atoms with van der Waals surface area (Å²) in [4.78, 5) is 15.8. The van der Waals surface area contributed by atoms with Gasteiger partial charge in [-0.3, -0.25) is 14.5 Å². The van der Waals surface area contributed by atoms with Crippen LogP contribution in [0.25, 0.3) is 0 Å². The molecular weight excluding hydrogens is 202 g/mol. The zero-order chi connectivity index (χ0) is 11.4. The van der Waals surface area contributed by atoms with E-state index in [2.05, 4.69) is 10.1 Å². The van der Waals surface area contributed by atoms with Crippen molar-refractivity contribution in [2.75, 3.05) is 0 Å². The zero-order valence-corrected chi connectivity index (χ0v) is 9.13. The van der Waals surface area contributed by atoms with Crippen LogP contribution >= 0.6 is 0 Å². The highest BCUT2D eigenvalue weighted by atomic mass is 16.1. The smallest absolute Gasteiger partial charge is 0.170 e. The lowest BCUT2D eigenvalue weighted by Crippen LogP contribution is -2.02. The van der Waals surface area contributed by atoms with Gasteiger partial charge in [0.05, 0.1) is 11.8 Å².